The molecule has 1 saturated heterocycles. The predicted molar refractivity (Wildman–Crippen MR) is 48.4 cm³/mol. The zero-order valence-electron chi connectivity index (χ0n) is 8.21. The van der Waals surface area contributed by atoms with Gasteiger partial charge >= 0.3 is 5.97 Å². The fourth-order valence-electron chi connectivity index (χ4n) is 1.68. The molecule has 1 rings (SSSR count). The maximum atomic E-state index is 11.4. The highest BCUT2D eigenvalue weighted by atomic mass is 16.5. The number of esters is 1. The lowest BCUT2D eigenvalue weighted by Gasteiger charge is -2.19. The number of nitrogens with one attached hydrogen (secondary N) is 1. The van der Waals surface area contributed by atoms with Crippen LogP contribution in [0.1, 0.15) is 6.42 Å². The van der Waals surface area contributed by atoms with Crippen LogP contribution in [0, 0.1) is 11.8 Å². The topological polar surface area (TPSA) is 47.6 Å². The fraction of sp³-hybridized carbons (Fsp3) is 0.889. The highest BCUT2D eigenvalue weighted by Crippen LogP contribution is 2.22. The van der Waals surface area contributed by atoms with E-state index in [0.29, 0.717) is 19.1 Å². The summed E-state index contributed by atoms with van der Waals surface area (Å²) in [6, 6.07) is 0. The molecule has 0 aromatic rings. The molecule has 1 heterocycles. The molecule has 13 heavy (non-hydrogen) atoms. The maximum absolute atomic E-state index is 11.4. The van der Waals surface area contributed by atoms with Crippen molar-refractivity contribution in [2.45, 2.75) is 6.42 Å². The molecule has 4 heteroatoms. The number of hydrogen-bond acceptors (Lipinski definition) is 4. The van der Waals surface area contributed by atoms with Crippen molar-refractivity contribution in [1.29, 1.82) is 0 Å². The Balaban J connectivity index is 2.49. The highest BCUT2D eigenvalue weighted by molar-refractivity contribution is 5.73. The summed E-state index contributed by atoms with van der Waals surface area (Å²) in [7, 11) is 3.27. The van der Waals surface area contributed by atoms with Gasteiger partial charge in [-0.25, -0.2) is 0 Å². The Kier molecular flexibility index (Phi) is 4.18. The molecule has 1 aliphatic heterocycles. The minimum atomic E-state index is -0.134. The van der Waals surface area contributed by atoms with E-state index >= 15 is 0 Å². The molecule has 4 nitrogen and oxygen atoms in total. The summed E-state index contributed by atoms with van der Waals surface area (Å²) in [6.07, 6.45) is 0.960. The molecule has 76 valence electrons. The fourth-order valence-corrected chi connectivity index (χ4v) is 1.68. The molecule has 1 aliphatic rings. The van der Waals surface area contributed by atoms with E-state index in [0.717, 1.165) is 13.0 Å². The number of methoxy groups -OCH3 is 1. The Labute approximate surface area is 78.6 Å². The lowest BCUT2D eigenvalue weighted by atomic mass is 9.91. The lowest BCUT2D eigenvalue weighted by Crippen LogP contribution is -2.33. The first-order chi connectivity index (χ1) is 6.29. The van der Waals surface area contributed by atoms with Crippen LogP contribution in [0.4, 0.5) is 0 Å². The van der Waals surface area contributed by atoms with Crippen molar-refractivity contribution >= 4 is 5.97 Å². The van der Waals surface area contributed by atoms with Gasteiger partial charge in [0.05, 0.1) is 19.6 Å². The molecule has 0 aromatic carbocycles. The van der Waals surface area contributed by atoms with Gasteiger partial charge in [0.15, 0.2) is 0 Å². The zero-order chi connectivity index (χ0) is 9.68. The number of rotatable bonds is 4. The van der Waals surface area contributed by atoms with E-state index in [2.05, 4.69) is 5.32 Å². The molecule has 1 fully saturated rings. The molecular formula is C9H17NO3. The first kappa shape index (κ1) is 10.5. The second-order valence-electron chi connectivity index (χ2n) is 3.31. The van der Waals surface area contributed by atoms with Gasteiger partial charge < -0.3 is 14.8 Å². The van der Waals surface area contributed by atoms with Crippen LogP contribution in [-0.4, -0.2) is 39.9 Å². The average molecular weight is 187 g/mol. The van der Waals surface area contributed by atoms with Gasteiger partial charge in [-0.15, -0.1) is 0 Å². The van der Waals surface area contributed by atoms with E-state index in [1.807, 2.05) is 7.05 Å². The third kappa shape index (κ3) is 2.67. The first-order valence-corrected chi connectivity index (χ1v) is 4.59. The van der Waals surface area contributed by atoms with Crippen molar-refractivity contribution < 1.29 is 14.3 Å². The Morgan fingerprint density at radius 2 is 2.54 bits per heavy atom. The van der Waals surface area contributed by atoms with E-state index in [4.69, 9.17) is 9.47 Å². The van der Waals surface area contributed by atoms with Gasteiger partial charge in [0.2, 0.25) is 0 Å². The molecule has 1 N–H and O–H groups in total. The number of ether oxygens (including phenoxy) is 2. The van der Waals surface area contributed by atoms with Crippen LogP contribution in [0.2, 0.25) is 0 Å². The van der Waals surface area contributed by atoms with E-state index in [9.17, 15) is 4.79 Å². The van der Waals surface area contributed by atoms with Crippen molar-refractivity contribution in [2.75, 3.05) is 33.9 Å². The smallest absolute Gasteiger partial charge is 0.310 e. The summed E-state index contributed by atoms with van der Waals surface area (Å²) in [4.78, 5) is 11.4. The standard InChI is InChI=1S/C9H17NO3/c1-10-5-8(9(11)12-2)7-3-4-13-6-7/h7-8,10H,3-6H2,1-2H3. The highest BCUT2D eigenvalue weighted by Gasteiger charge is 2.31. The summed E-state index contributed by atoms with van der Waals surface area (Å²) < 4.78 is 9.99. The Bertz CT molecular complexity index is 166. The van der Waals surface area contributed by atoms with Gasteiger partial charge in [0.1, 0.15) is 0 Å². The quantitative estimate of drug-likeness (QED) is 0.631. The van der Waals surface area contributed by atoms with Gasteiger partial charge in [0, 0.05) is 13.2 Å². The van der Waals surface area contributed by atoms with Crippen LogP contribution < -0.4 is 5.32 Å². The Morgan fingerprint density at radius 3 is 3.00 bits per heavy atom. The van der Waals surface area contributed by atoms with Gasteiger partial charge in [-0.1, -0.05) is 0 Å². The van der Waals surface area contributed by atoms with Crippen molar-refractivity contribution in [3.05, 3.63) is 0 Å². The lowest BCUT2D eigenvalue weighted by molar-refractivity contribution is -0.147. The second-order valence-corrected chi connectivity index (χ2v) is 3.31. The van der Waals surface area contributed by atoms with E-state index < -0.39 is 0 Å². The van der Waals surface area contributed by atoms with Gasteiger partial charge in [-0.05, 0) is 19.4 Å². The summed E-state index contributed by atoms with van der Waals surface area (Å²) >= 11 is 0. The summed E-state index contributed by atoms with van der Waals surface area (Å²) in [5.41, 5.74) is 0. The number of hydrogen-bond donors (Lipinski definition) is 1. The molecule has 0 radical (unpaired) electrons. The Morgan fingerprint density at radius 1 is 1.77 bits per heavy atom. The van der Waals surface area contributed by atoms with Crippen LogP contribution in [0.5, 0.6) is 0 Å². The van der Waals surface area contributed by atoms with Crippen LogP contribution in [0.15, 0.2) is 0 Å². The average Bonchev–Trinajstić information content (AvgIpc) is 2.65. The third-order valence-corrected chi connectivity index (χ3v) is 2.46. The van der Waals surface area contributed by atoms with Crippen molar-refractivity contribution in [1.82, 2.24) is 5.32 Å². The van der Waals surface area contributed by atoms with E-state index in [1.165, 1.54) is 7.11 Å². The predicted octanol–water partition coefficient (Wildman–Crippen LogP) is 0.0315. The molecule has 0 amide bonds. The van der Waals surface area contributed by atoms with Gasteiger partial charge in [0.25, 0.3) is 0 Å². The molecule has 0 spiro atoms. The van der Waals surface area contributed by atoms with Crippen LogP contribution in [-0.2, 0) is 14.3 Å². The van der Waals surface area contributed by atoms with Crippen molar-refractivity contribution in [3.63, 3.8) is 0 Å². The third-order valence-electron chi connectivity index (χ3n) is 2.46. The Hall–Kier alpha value is -0.610. The van der Waals surface area contributed by atoms with Crippen LogP contribution in [0.25, 0.3) is 0 Å². The molecule has 2 atom stereocenters. The van der Waals surface area contributed by atoms with Crippen molar-refractivity contribution in [3.8, 4) is 0 Å². The van der Waals surface area contributed by atoms with Gasteiger partial charge in [-0.3, -0.25) is 4.79 Å². The summed E-state index contributed by atoms with van der Waals surface area (Å²) in [5.74, 6) is 0.127. The first-order valence-electron chi connectivity index (χ1n) is 4.59. The largest absolute Gasteiger partial charge is 0.469 e. The van der Waals surface area contributed by atoms with Crippen LogP contribution in [0.3, 0.4) is 0 Å². The molecule has 2 unspecified atom stereocenters. The summed E-state index contributed by atoms with van der Waals surface area (Å²) in [5, 5.41) is 3.00. The minimum absolute atomic E-state index is 0.0579. The zero-order valence-corrected chi connectivity index (χ0v) is 8.21. The molecular weight excluding hydrogens is 170 g/mol. The number of carbonyl (C=O) groups is 1. The van der Waals surface area contributed by atoms with Crippen molar-refractivity contribution in [2.24, 2.45) is 11.8 Å². The molecule has 0 bridgehead atoms. The monoisotopic (exact) mass is 187 g/mol. The van der Waals surface area contributed by atoms with E-state index in [1.54, 1.807) is 0 Å². The van der Waals surface area contributed by atoms with Gasteiger partial charge in [-0.2, -0.15) is 0 Å². The number of carbonyl (C=O) groups excluding carboxylic acids is 1. The normalized spacial score (nSPS) is 24.3. The molecule has 0 saturated carbocycles. The molecule has 0 aliphatic carbocycles. The second kappa shape index (κ2) is 5.19. The van der Waals surface area contributed by atoms with Crippen LogP contribution >= 0.6 is 0 Å². The summed E-state index contributed by atoms with van der Waals surface area (Å²) in [6.45, 7) is 2.12. The SMILES string of the molecule is CNCC(C(=O)OC)C1CCOC1. The minimum Gasteiger partial charge on any atom is -0.469 e. The maximum Gasteiger partial charge on any atom is 0.310 e. The molecule has 0 aromatic heterocycles. The van der Waals surface area contributed by atoms with E-state index in [-0.39, 0.29) is 11.9 Å².